The predicted molar refractivity (Wildman–Crippen MR) is 104 cm³/mol. The number of ether oxygens (including phenoxy) is 1. The van der Waals surface area contributed by atoms with Gasteiger partial charge in [0.15, 0.2) is 0 Å². The highest BCUT2D eigenvalue weighted by molar-refractivity contribution is 5.73. The third-order valence-electron chi connectivity index (χ3n) is 5.06. The van der Waals surface area contributed by atoms with E-state index in [1.54, 1.807) is 7.11 Å². The largest absolute Gasteiger partial charge is 0.495 e. The van der Waals surface area contributed by atoms with Crippen molar-refractivity contribution < 1.29 is 4.74 Å². The predicted octanol–water partition coefficient (Wildman–Crippen LogP) is 2.65. The number of hydrogen-bond acceptors (Lipinski definition) is 5. The summed E-state index contributed by atoms with van der Waals surface area (Å²) in [6.45, 7) is 6.23. The zero-order valence-electron chi connectivity index (χ0n) is 15.2. The van der Waals surface area contributed by atoms with Crippen molar-refractivity contribution >= 4 is 16.7 Å². The quantitative estimate of drug-likeness (QED) is 0.683. The topological polar surface area (TPSA) is 46.4 Å². The highest BCUT2D eigenvalue weighted by atomic mass is 16.5. The van der Waals surface area contributed by atoms with E-state index >= 15 is 0 Å². The summed E-state index contributed by atoms with van der Waals surface area (Å²) in [5.74, 6) is 0.957. The minimum Gasteiger partial charge on any atom is -0.495 e. The van der Waals surface area contributed by atoms with Gasteiger partial charge >= 0.3 is 0 Å². The van der Waals surface area contributed by atoms with Crippen LogP contribution in [0.1, 0.15) is 6.42 Å². The summed E-state index contributed by atoms with van der Waals surface area (Å²) in [7, 11) is 1.74. The van der Waals surface area contributed by atoms with Crippen LogP contribution < -0.4 is 9.64 Å². The van der Waals surface area contributed by atoms with Gasteiger partial charge in [-0.25, -0.2) is 4.68 Å². The fourth-order valence-corrected chi connectivity index (χ4v) is 3.63. The van der Waals surface area contributed by atoms with E-state index in [0.29, 0.717) is 0 Å². The maximum Gasteiger partial charge on any atom is 0.142 e. The van der Waals surface area contributed by atoms with Gasteiger partial charge in [0.25, 0.3) is 0 Å². The van der Waals surface area contributed by atoms with Crippen LogP contribution in [0.2, 0.25) is 0 Å². The van der Waals surface area contributed by atoms with Crippen molar-refractivity contribution in [1.82, 2.24) is 19.9 Å². The molecule has 0 saturated carbocycles. The van der Waals surface area contributed by atoms with Crippen molar-refractivity contribution in [3.8, 4) is 5.75 Å². The molecular weight excluding hydrogens is 326 g/mol. The smallest absolute Gasteiger partial charge is 0.142 e. The maximum atomic E-state index is 5.50. The molecule has 1 aliphatic heterocycles. The number of hydrogen-bond donors (Lipinski definition) is 0. The van der Waals surface area contributed by atoms with E-state index in [1.165, 1.54) is 5.69 Å². The second-order valence-electron chi connectivity index (χ2n) is 6.66. The number of piperazine rings is 1. The van der Waals surface area contributed by atoms with Crippen molar-refractivity contribution in [3.63, 3.8) is 0 Å². The van der Waals surface area contributed by atoms with Gasteiger partial charge in [0, 0.05) is 39.3 Å². The molecule has 26 heavy (non-hydrogen) atoms. The van der Waals surface area contributed by atoms with Crippen LogP contribution in [0.3, 0.4) is 0 Å². The molecule has 2 heterocycles. The Labute approximate surface area is 154 Å². The summed E-state index contributed by atoms with van der Waals surface area (Å²) in [4.78, 5) is 4.95. The van der Waals surface area contributed by atoms with Gasteiger partial charge in [-0.2, -0.15) is 0 Å². The first-order valence-electron chi connectivity index (χ1n) is 9.24. The average molecular weight is 351 g/mol. The second-order valence-corrected chi connectivity index (χ2v) is 6.66. The average Bonchev–Trinajstić information content (AvgIpc) is 3.12. The summed E-state index contributed by atoms with van der Waals surface area (Å²) in [6.07, 6.45) is 1.09. The molecule has 0 spiro atoms. The number of para-hydroxylation sites is 3. The van der Waals surface area contributed by atoms with Crippen LogP contribution in [0.25, 0.3) is 11.0 Å². The van der Waals surface area contributed by atoms with Gasteiger partial charge in [0.05, 0.1) is 18.3 Å². The number of aryl methyl sites for hydroxylation is 1. The van der Waals surface area contributed by atoms with E-state index in [2.05, 4.69) is 38.3 Å². The molecule has 0 unspecified atom stereocenters. The van der Waals surface area contributed by atoms with E-state index in [1.807, 2.05) is 35.0 Å². The Balaban J connectivity index is 1.28. The first-order valence-corrected chi connectivity index (χ1v) is 9.24. The summed E-state index contributed by atoms with van der Waals surface area (Å²) in [5, 5.41) is 8.50. The van der Waals surface area contributed by atoms with E-state index < -0.39 is 0 Å². The lowest BCUT2D eigenvalue weighted by molar-refractivity contribution is 0.248. The van der Waals surface area contributed by atoms with Crippen molar-refractivity contribution in [2.45, 2.75) is 13.0 Å². The first kappa shape index (κ1) is 16.8. The fraction of sp³-hybridized carbons (Fsp3) is 0.400. The van der Waals surface area contributed by atoms with Crippen molar-refractivity contribution in [2.24, 2.45) is 0 Å². The van der Waals surface area contributed by atoms with Crippen molar-refractivity contribution in [3.05, 3.63) is 48.5 Å². The number of aromatic nitrogens is 3. The molecule has 0 radical (unpaired) electrons. The van der Waals surface area contributed by atoms with Gasteiger partial charge < -0.3 is 9.64 Å². The minimum absolute atomic E-state index is 0.910. The van der Waals surface area contributed by atoms with Crippen LogP contribution in [0, 0.1) is 0 Å². The summed E-state index contributed by atoms with van der Waals surface area (Å²) >= 11 is 0. The van der Waals surface area contributed by atoms with Crippen molar-refractivity contribution in [1.29, 1.82) is 0 Å². The fourth-order valence-electron chi connectivity index (χ4n) is 3.63. The molecule has 0 atom stereocenters. The van der Waals surface area contributed by atoms with Crippen LogP contribution in [-0.4, -0.2) is 59.7 Å². The Morgan fingerprint density at radius 2 is 1.69 bits per heavy atom. The molecule has 0 N–H and O–H groups in total. The van der Waals surface area contributed by atoms with Crippen molar-refractivity contribution in [2.75, 3.05) is 44.7 Å². The molecule has 136 valence electrons. The molecule has 2 aromatic carbocycles. The lowest BCUT2D eigenvalue weighted by Crippen LogP contribution is -2.46. The maximum absolute atomic E-state index is 5.50. The summed E-state index contributed by atoms with van der Waals surface area (Å²) < 4.78 is 7.51. The van der Waals surface area contributed by atoms with E-state index in [-0.39, 0.29) is 0 Å². The number of nitrogens with zero attached hydrogens (tertiary/aromatic N) is 5. The van der Waals surface area contributed by atoms with Gasteiger partial charge in [-0.3, -0.25) is 4.90 Å². The zero-order valence-corrected chi connectivity index (χ0v) is 15.2. The molecule has 4 rings (SSSR count). The Bertz CT molecular complexity index is 854. The SMILES string of the molecule is COc1ccccc1N1CCN(CCCn2nnc3ccccc32)CC1. The van der Waals surface area contributed by atoms with E-state index in [0.717, 1.165) is 62.5 Å². The number of methoxy groups -OCH3 is 1. The number of benzene rings is 2. The van der Waals surface area contributed by atoms with Crippen LogP contribution in [-0.2, 0) is 6.54 Å². The lowest BCUT2D eigenvalue weighted by Gasteiger charge is -2.36. The Hall–Kier alpha value is -2.60. The monoisotopic (exact) mass is 351 g/mol. The van der Waals surface area contributed by atoms with Crippen LogP contribution in [0.15, 0.2) is 48.5 Å². The Kier molecular flexibility index (Phi) is 5.02. The molecule has 0 bridgehead atoms. The highest BCUT2D eigenvalue weighted by Gasteiger charge is 2.19. The molecule has 0 aliphatic carbocycles. The lowest BCUT2D eigenvalue weighted by atomic mass is 10.2. The molecule has 6 heteroatoms. The molecular formula is C20H25N5O. The van der Waals surface area contributed by atoms with E-state index in [4.69, 9.17) is 4.74 Å². The molecule has 6 nitrogen and oxygen atoms in total. The van der Waals surface area contributed by atoms with Crippen LogP contribution in [0.5, 0.6) is 5.75 Å². The van der Waals surface area contributed by atoms with Gasteiger partial charge in [-0.1, -0.05) is 29.5 Å². The standard InChI is InChI=1S/C20H25N5O/c1-26-20-10-5-4-9-19(20)24-15-13-23(14-16-24)11-6-12-25-18-8-3-2-7-17(18)21-22-25/h2-5,7-10H,6,11-16H2,1H3. The zero-order chi connectivity index (χ0) is 17.8. The number of rotatable bonds is 6. The molecule has 1 fully saturated rings. The third kappa shape index (κ3) is 3.51. The molecule has 0 amide bonds. The Morgan fingerprint density at radius 1 is 0.923 bits per heavy atom. The number of anilines is 1. The van der Waals surface area contributed by atoms with Crippen LogP contribution in [0.4, 0.5) is 5.69 Å². The minimum atomic E-state index is 0.910. The summed E-state index contributed by atoms with van der Waals surface area (Å²) in [5.41, 5.74) is 3.29. The Morgan fingerprint density at radius 3 is 2.54 bits per heavy atom. The highest BCUT2D eigenvalue weighted by Crippen LogP contribution is 2.28. The van der Waals surface area contributed by atoms with Gasteiger partial charge in [-0.15, -0.1) is 5.10 Å². The first-order chi connectivity index (χ1) is 12.8. The van der Waals surface area contributed by atoms with Gasteiger partial charge in [0.1, 0.15) is 11.3 Å². The van der Waals surface area contributed by atoms with Crippen LogP contribution >= 0.6 is 0 Å². The number of fused-ring (bicyclic) bond motifs is 1. The molecule has 3 aromatic rings. The molecule has 1 aliphatic rings. The second kappa shape index (κ2) is 7.74. The van der Waals surface area contributed by atoms with E-state index in [9.17, 15) is 0 Å². The van der Waals surface area contributed by atoms with Gasteiger partial charge in [0.2, 0.25) is 0 Å². The normalized spacial score (nSPS) is 15.5. The molecule has 1 saturated heterocycles. The third-order valence-corrected chi connectivity index (χ3v) is 5.06. The summed E-state index contributed by atoms with van der Waals surface area (Å²) in [6, 6.07) is 16.4. The molecule has 1 aromatic heterocycles. The van der Waals surface area contributed by atoms with Gasteiger partial charge in [-0.05, 0) is 30.7 Å².